The van der Waals surface area contributed by atoms with Crippen molar-refractivity contribution >= 4 is 43.2 Å². The first-order chi connectivity index (χ1) is 17.1. The van der Waals surface area contributed by atoms with Gasteiger partial charge >= 0.3 is 6.30 Å². The zero-order valence-electron chi connectivity index (χ0n) is 19.0. The normalized spacial score (nSPS) is 14.6. The van der Waals surface area contributed by atoms with E-state index in [-0.39, 0.29) is 18.2 Å². The third-order valence-electron chi connectivity index (χ3n) is 6.01. The van der Waals surface area contributed by atoms with Gasteiger partial charge in [0.15, 0.2) is 0 Å². The largest absolute Gasteiger partial charge is 0.498 e. The molecule has 4 N–H and O–H groups in total. The number of nitrogens with zero attached hydrogens (tertiary/aromatic N) is 3. The quantitative estimate of drug-likeness (QED) is 0.197. The summed E-state index contributed by atoms with van der Waals surface area (Å²) in [6.07, 6.45) is -2.31. The van der Waals surface area contributed by atoms with Crippen LogP contribution in [-0.4, -0.2) is 28.0 Å². The number of hydrogen-bond acceptors (Lipinski definition) is 7. The molecule has 2 aromatic heterocycles. The highest BCUT2D eigenvalue weighted by atomic mass is 35.5. The highest BCUT2D eigenvalue weighted by molar-refractivity contribution is 7.25. The van der Waals surface area contributed by atoms with E-state index in [1.807, 2.05) is 12.1 Å². The molecular weight excluding hydrogens is 515 g/mol. The van der Waals surface area contributed by atoms with Gasteiger partial charge in [0.25, 0.3) is 5.56 Å². The van der Waals surface area contributed by atoms with Gasteiger partial charge in [0.2, 0.25) is 0 Å². The van der Waals surface area contributed by atoms with Crippen LogP contribution < -0.4 is 21.9 Å². The van der Waals surface area contributed by atoms with Gasteiger partial charge in [-0.15, -0.1) is 24.5 Å². The first-order valence-electron chi connectivity index (χ1n) is 10.9. The van der Waals surface area contributed by atoms with Crippen LogP contribution in [-0.2, 0) is 6.54 Å². The molecule has 0 amide bonds. The molecule has 7 nitrogen and oxygen atoms in total. The fourth-order valence-corrected chi connectivity index (χ4v) is 5.50. The Morgan fingerprint density at radius 1 is 1.31 bits per heavy atom. The smallest absolute Gasteiger partial charge is 0.497 e. The number of halogens is 4. The predicted octanol–water partition coefficient (Wildman–Crippen LogP) is 5.31. The molecule has 5 rings (SSSR count). The van der Waals surface area contributed by atoms with Gasteiger partial charge in [0.05, 0.1) is 19.0 Å². The molecule has 0 unspecified atom stereocenters. The summed E-state index contributed by atoms with van der Waals surface area (Å²) in [6, 6.07) is 10.6. The Kier molecular flexibility index (Phi) is 6.09. The molecular formula is C24H21ClF3N5O2S. The third-order valence-corrected chi connectivity index (χ3v) is 7.29. The molecule has 0 atom stereocenters. The Labute approximate surface area is 212 Å². The molecule has 1 saturated carbocycles. The Balaban J connectivity index is 1.76. The van der Waals surface area contributed by atoms with Crippen LogP contribution in [0.3, 0.4) is 0 Å². The number of fused-ring (bicyclic) bond motifs is 3. The number of hydrogen-bond donors (Lipinski definition) is 2. The van der Waals surface area contributed by atoms with Gasteiger partial charge in [-0.3, -0.25) is 9.36 Å². The average Bonchev–Trinajstić information content (AvgIpc) is 3.60. The summed E-state index contributed by atoms with van der Waals surface area (Å²) in [6.45, 7) is -0.345. The average molecular weight is 536 g/mol. The van der Waals surface area contributed by atoms with Crippen molar-refractivity contribution in [1.29, 1.82) is 0 Å². The minimum Gasteiger partial charge on any atom is -0.497 e. The molecule has 0 aliphatic heterocycles. The molecule has 2 aromatic carbocycles. The van der Waals surface area contributed by atoms with Gasteiger partial charge in [-0.05, 0) is 54.7 Å². The summed E-state index contributed by atoms with van der Waals surface area (Å²) in [5.74, 6) is 6.33. The van der Waals surface area contributed by atoms with Gasteiger partial charge in [0.1, 0.15) is 16.4 Å². The highest BCUT2D eigenvalue weighted by Crippen LogP contribution is 2.45. The Bertz CT molecular complexity index is 1580. The van der Waals surface area contributed by atoms with Crippen LogP contribution in [0.4, 0.5) is 13.2 Å². The van der Waals surface area contributed by atoms with Crippen LogP contribution in [0.1, 0.15) is 24.3 Å². The molecule has 188 valence electrons. The maximum atomic E-state index is 13.8. The second kappa shape index (κ2) is 8.99. The molecule has 36 heavy (non-hydrogen) atoms. The fraction of sp³-hybridized carbons (Fsp3) is 0.250. The van der Waals surface area contributed by atoms with Crippen molar-refractivity contribution in [2.75, 3.05) is 7.11 Å². The van der Waals surface area contributed by atoms with Crippen LogP contribution in [0.2, 0.25) is 5.02 Å². The van der Waals surface area contributed by atoms with E-state index >= 15 is 0 Å². The second-order valence-electron chi connectivity index (χ2n) is 8.56. The van der Waals surface area contributed by atoms with Gasteiger partial charge in [-0.2, -0.15) is 0 Å². The number of methoxy groups -OCH3 is 1. The molecule has 0 radical (unpaired) electrons. The second-order valence-corrected chi connectivity index (χ2v) is 10.0. The van der Waals surface area contributed by atoms with Gasteiger partial charge in [-0.1, -0.05) is 17.7 Å². The Morgan fingerprint density at radius 3 is 2.72 bits per heavy atom. The topological polar surface area (TPSA) is 99.4 Å². The van der Waals surface area contributed by atoms with Gasteiger partial charge in [-0.25, -0.2) is 15.8 Å². The fourth-order valence-electron chi connectivity index (χ4n) is 4.16. The molecule has 0 bridgehead atoms. The number of allylic oxidation sites excluding steroid dienone is 1. The lowest BCUT2D eigenvalue weighted by Gasteiger charge is -2.19. The number of thiophene rings is 1. The van der Waals surface area contributed by atoms with Crippen molar-refractivity contribution in [3.63, 3.8) is 0 Å². The Morgan fingerprint density at radius 2 is 2.06 bits per heavy atom. The maximum absolute atomic E-state index is 13.8. The molecule has 12 heteroatoms. The molecule has 0 saturated heterocycles. The number of benzene rings is 2. The van der Waals surface area contributed by atoms with E-state index < -0.39 is 16.9 Å². The zero-order chi connectivity index (χ0) is 25.8. The van der Waals surface area contributed by atoms with Crippen molar-refractivity contribution < 1.29 is 17.9 Å². The van der Waals surface area contributed by atoms with E-state index in [1.165, 1.54) is 15.9 Å². The van der Waals surface area contributed by atoms with Crippen LogP contribution in [0.5, 0.6) is 5.75 Å². The van der Waals surface area contributed by atoms with E-state index in [2.05, 4.69) is 0 Å². The molecule has 1 aliphatic carbocycles. The number of aromatic nitrogens is 2. The van der Waals surface area contributed by atoms with E-state index in [0.29, 0.717) is 44.0 Å². The number of hydrazine groups is 1. The minimum absolute atomic E-state index is 0.261. The number of rotatable bonds is 6. The number of alkyl halides is 3. The van der Waals surface area contributed by atoms with Crippen molar-refractivity contribution in [3.05, 3.63) is 69.2 Å². The minimum atomic E-state index is -4.82. The van der Waals surface area contributed by atoms with E-state index in [4.69, 9.17) is 32.9 Å². The van der Waals surface area contributed by atoms with E-state index in [1.54, 1.807) is 31.4 Å². The van der Waals surface area contributed by atoms with Gasteiger partial charge < -0.3 is 10.5 Å². The molecule has 0 spiro atoms. The van der Waals surface area contributed by atoms with Gasteiger partial charge in [0, 0.05) is 32.6 Å². The monoisotopic (exact) mass is 535 g/mol. The summed E-state index contributed by atoms with van der Waals surface area (Å²) < 4.78 is 46.4. The number of ether oxygens (including phenoxy) is 1. The van der Waals surface area contributed by atoms with E-state index in [9.17, 15) is 18.0 Å². The van der Waals surface area contributed by atoms with Crippen LogP contribution >= 0.6 is 22.9 Å². The van der Waals surface area contributed by atoms with Crippen LogP contribution in [0.25, 0.3) is 31.7 Å². The lowest BCUT2D eigenvalue weighted by molar-refractivity contribution is -0.229. The molecule has 2 heterocycles. The predicted molar refractivity (Wildman–Crippen MR) is 135 cm³/mol. The maximum Gasteiger partial charge on any atom is 0.498 e. The lowest BCUT2D eigenvalue weighted by atomic mass is 10.0. The van der Waals surface area contributed by atoms with Crippen LogP contribution in [0, 0.1) is 0 Å². The lowest BCUT2D eigenvalue weighted by Crippen LogP contribution is -2.40. The first kappa shape index (κ1) is 24.4. The highest BCUT2D eigenvalue weighted by Gasteiger charge is 2.33. The first-order valence-corrected chi connectivity index (χ1v) is 12.1. The summed E-state index contributed by atoms with van der Waals surface area (Å²) in [7, 11) is 1.57. The summed E-state index contributed by atoms with van der Waals surface area (Å²) >= 11 is 7.47. The summed E-state index contributed by atoms with van der Waals surface area (Å²) in [5, 5.41) is 1.09. The zero-order valence-corrected chi connectivity index (χ0v) is 20.5. The van der Waals surface area contributed by atoms with Crippen molar-refractivity contribution in [2.45, 2.75) is 31.6 Å². The summed E-state index contributed by atoms with van der Waals surface area (Å²) in [4.78, 5) is 19.2. The van der Waals surface area contributed by atoms with Crippen LogP contribution in [0.15, 0.2) is 53.1 Å². The number of nitrogens with two attached hydrogens (primary N) is 2. The van der Waals surface area contributed by atoms with Crippen molar-refractivity contribution in [1.82, 2.24) is 14.6 Å². The standard InChI is InChI=1S/C24H21ClF3N5O2S/c1-35-15-5-7-16(18(9-15)12-2-3-12)21-31-22-20(17-6-4-13(25)8-19(17)36-22)23(34)32(21)10-14(29)11-33(30)24(26,27)28/h4-9,11-12H,2-3,10,29-30H2,1H3/b14-11-. The third kappa shape index (κ3) is 4.49. The molecule has 1 aliphatic rings. The van der Waals surface area contributed by atoms with E-state index in [0.717, 1.165) is 23.1 Å². The SMILES string of the molecule is COc1ccc(-c2nc3sc4cc(Cl)ccc4c3c(=O)n2C/C(N)=C/N(N)C(F)(F)F)c(C2CC2)c1. The van der Waals surface area contributed by atoms with Crippen molar-refractivity contribution in [2.24, 2.45) is 11.6 Å². The molecule has 1 fully saturated rings. The Hall–Kier alpha value is -3.28. The summed E-state index contributed by atoms with van der Waals surface area (Å²) in [5.41, 5.74) is 6.91. The van der Waals surface area contributed by atoms with Crippen molar-refractivity contribution in [3.8, 4) is 17.1 Å². The molecule has 4 aromatic rings.